The zero-order valence-corrected chi connectivity index (χ0v) is 19.4. The number of benzene rings is 2. The minimum Gasteiger partial charge on any atom is -0.504 e. The number of imidazole rings is 1. The van der Waals surface area contributed by atoms with Gasteiger partial charge in [-0.3, -0.25) is 9.36 Å². The van der Waals surface area contributed by atoms with Crippen molar-refractivity contribution in [2.75, 3.05) is 12.4 Å². The van der Waals surface area contributed by atoms with E-state index in [0.29, 0.717) is 5.75 Å². The van der Waals surface area contributed by atoms with Gasteiger partial charge in [0.1, 0.15) is 11.6 Å². The molecule has 0 unspecified atom stereocenters. The molecule has 0 fully saturated rings. The van der Waals surface area contributed by atoms with Crippen molar-refractivity contribution < 1.29 is 14.6 Å². The van der Waals surface area contributed by atoms with Gasteiger partial charge >= 0.3 is 0 Å². The fourth-order valence-corrected chi connectivity index (χ4v) is 3.45. The Bertz CT molecular complexity index is 1210. The molecule has 2 aromatic carbocycles. The Kier molecular flexibility index (Phi) is 7.56. The molecule has 1 aromatic heterocycles. The molecule has 3 aromatic rings. The van der Waals surface area contributed by atoms with Gasteiger partial charge in [0.15, 0.2) is 11.5 Å². The van der Waals surface area contributed by atoms with Gasteiger partial charge in [-0.25, -0.2) is 4.98 Å². The lowest BCUT2D eigenvalue weighted by Crippen LogP contribution is -2.14. The smallest absolute Gasteiger partial charge is 0.221 e. The zero-order valence-electron chi connectivity index (χ0n) is 19.4. The number of anilines is 1. The number of primary amides is 1. The fraction of sp³-hybridized carbons (Fsp3) is 0.231. The normalized spacial score (nSPS) is 12.3. The van der Waals surface area contributed by atoms with Gasteiger partial charge in [0.25, 0.3) is 0 Å². The van der Waals surface area contributed by atoms with E-state index in [0.717, 1.165) is 46.0 Å². The third kappa shape index (κ3) is 5.83. The molecule has 3 rings (SSSR count). The van der Waals surface area contributed by atoms with E-state index in [-0.39, 0.29) is 18.1 Å². The molecule has 0 radical (unpaired) electrons. The Morgan fingerprint density at radius 1 is 1.24 bits per heavy atom. The first-order valence-corrected chi connectivity index (χ1v) is 10.8. The van der Waals surface area contributed by atoms with Crippen molar-refractivity contribution >= 4 is 29.1 Å². The Morgan fingerprint density at radius 3 is 2.73 bits per heavy atom. The van der Waals surface area contributed by atoms with Crippen molar-refractivity contribution in [1.82, 2.24) is 9.55 Å². The second-order valence-electron chi connectivity index (χ2n) is 7.82. The van der Waals surface area contributed by atoms with Crippen LogP contribution < -0.4 is 15.8 Å². The lowest BCUT2D eigenvalue weighted by Gasteiger charge is -2.18. The van der Waals surface area contributed by atoms with Gasteiger partial charge in [-0.15, -0.1) is 0 Å². The molecule has 33 heavy (non-hydrogen) atoms. The summed E-state index contributed by atoms with van der Waals surface area (Å²) in [7, 11) is 1.53. The molecule has 1 amide bonds. The van der Waals surface area contributed by atoms with Crippen LogP contribution in [0.2, 0.25) is 0 Å². The predicted molar refractivity (Wildman–Crippen MR) is 133 cm³/mol. The maximum absolute atomic E-state index is 11.3. The second kappa shape index (κ2) is 10.5. The first-order valence-electron chi connectivity index (χ1n) is 10.8. The van der Waals surface area contributed by atoms with Crippen LogP contribution in [0.5, 0.6) is 11.5 Å². The number of amides is 1. The summed E-state index contributed by atoms with van der Waals surface area (Å²) in [4.78, 5) is 15.9. The van der Waals surface area contributed by atoms with Crippen molar-refractivity contribution in [3.8, 4) is 11.5 Å². The van der Waals surface area contributed by atoms with E-state index in [2.05, 4.69) is 24.1 Å². The van der Waals surface area contributed by atoms with Crippen LogP contribution in [0, 0.1) is 0 Å². The maximum atomic E-state index is 11.3. The monoisotopic (exact) mass is 446 g/mol. The summed E-state index contributed by atoms with van der Waals surface area (Å²) >= 11 is 0. The van der Waals surface area contributed by atoms with Crippen LogP contribution in [0.4, 0.5) is 5.69 Å². The highest BCUT2D eigenvalue weighted by Crippen LogP contribution is 2.30. The average Bonchev–Trinajstić information content (AvgIpc) is 3.24. The number of aromatic hydroxyl groups is 1. The molecule has 7 heteroatoms. The number of carbonyl (C=O) groups is 1. The van der Waals surface area contributed by atoms with Gasteiger partial charge in [-0.05, 0) is 72.9 Å². The first kappa shape index (κ1) is 23.7. The van der Waals surface area contributed by atoms with Gasteiger partial charge < -0.3 is 20.9 Å². The van der Waals surface area contributed by atoms with Gasteiger partial charge in [0.2, 0.25) is 5.91 Å². The number of hydrogen-bond acceptors (Lipinski definition) is 5. The van der Waals surface area contributed by atoms with Gasteiger partial charge in [-0.2, -0.15) is 0 Å². The quantitative estimate of drug-likeness (QED) is 0.434. The standard InChI is InChI=1S/C26H30N4O3/c1-5-17(2)26(29-21-8-6-7-19(14-21)15-24(27)32)30-12-11-28-25(30)13-18(3)20-9-10-22(31)23(16-20)33-4/h6-14,16,29,31H,5,15H2,1-4H3,(H2,27,32)/b18-13+,26-17?. The Hall–Kier alpha value is -4.00. The van der Waals surface area contributed by atoms with Gasteiger partial charge in [0, 0.05) is 18.1 Å². The topological polar surface area (TPSA) is 102 Å². The van der Waals surface area contributed by atoms with Crippen molar-refractivity contribution in [2.24, 2.45) is 5.73 Å². The summed E-state index contributed by atoms with van der Waals surface area (Å²) in [5.74, 6) is 1.80. The third-order valence-corrected chi connectivity index (χ3v) is 5.39. The van der Waals surface area contributed by atoms with Crippen molar-refractivity contribution in [1.29, 1.82) is 0 Å². The number of phenolic OH excluding ortho intramolecular Hbond substituents is 1. The van der Waals surface area contributed by atoms with Crippen LogP contribution in [-0.2, 0) is 11.2 Å². The molecule has 7 nitrogen and oxygen atoms in total. The van der Waals surface area contributed by atoms with Crippen LogP contribution in [0.25, 0.3) is 17.5 Å². The van der Waals surface area contributed by atoms with E-state index < -0.39 is 0 Å². The summed E-state index contributed by atoms with van der Waals surface area (Å²) < 4.78 is 7.24. The highest BCUT2D eigenvalue weighted by molar-refractivity contribution is 5.81. The third-order valence-electron chi connectivity index (χ3n) is 5.39. The number of aromatic nitrogens is 2. The molecule has 0 saturated heterocycles. The summed E-state index contributed by atoms with van der Waals surface area (Å²) in [6.07, 6.45) is 6.68. The van der Waals surface area contributed by atoms with E-state index >= 15 is 0 Å². The largest absolute Gasteiger partial charge is 0.504 e. The van der Waals surface area contributed by atoms with Crippen molar-refractivity contribution in [3.05, 3.63) is 77.4 Å². The Balaban J connectivity index is 1.97. The number of ether oxygens (including phenoxy) is 1. The fourth-order valence-electron chi connectivity index (χ4n) is 3.45. The maximum Gasteiger partial charge on any atom is 0.221 e. The molecule has 0 saturated carbocycles. The van der Waals surface area contributed by atoms with Crippen molar-refractivity contribution in [3.63, 3.8) is 0 Å². The number of carbonyl (C=O) groups excluding carboxylic acids is 1. The van der Waals surface area contributed by atoms with Crippen LogP contribution in [-0.4, -0.2) is 27.7 Å². The molecule has 0 aliphatic rings. The lowest BCUT2D eigenvalue weighted by molar-refractivity contribution is -0.117. The van der Waals surface area contributed by atoms with E-state index in [1.165, 1.54) is 7.11 Å². The van der Waals surface area contributed by atoms with E-state index in [1.54, 1.807) is 18.3 Å². The summed E-state index contributed by atoms with van der Waals surface area (Å²) in [6, 6.07) is 12.9. The number of rotatable bonds is 9. The van der Waals surface area contributed by atoms with Crippen LogP contribution >= 0.6 is 0 Å². The van der Waals surface area contributed by atoms with Crippen LogP contribution in [0.15, 0.2) is 60.4 Å². The molecule has 0 spiro atoms. The molecule has 0 aliphatic carbocycles. The second-order valence-corrected chi connectivity index (χ2v) is 7.82. The molecule has 172 valence electrons. The SMILES string of the molecule is CCC(C)=C(Nc1cccc(CC(N)=O)c1)n1ccnc1/C=C(\C)c1ccc(O)c(OC)c1. The van der Waals surface area contributed by atoms with E-state index in [4.69, 9.17) is 10.5 Å². The number of nitrogens with two attached hydrogens (primary N) is 1. The number of methoxy groups -OCH3 is 1. The molecular weight excluding hydrogens is 416 g/mol. The number of hydrogen-bond donors (Lipinski definition) is 3. The molecule has 0 atom stereocenters. The Labute approximate surface area is 194 Å². The van der Waals surface area contributed by atoms with Gasteiger partial charge in [0.05, 0.1) is 13.5 Å². The minimum atomic E-state index is -0.365. The number of allylic oxidation sites excluding steroid dienone is 2. The average molecular weight is 447 g/mol. The van der Waals surface area contributed by atoms with E-state index in [9.17, 15) is 9.90 Å². The first-order chi connectivity index (χ1) is 15.8. The molecule has 0 bridgehead atoms. The van der Waals surface area contributed by atoms with Gasteiger partial charge in [-0.1, -0.05) is 25.1 Å². The zero-order chi connectivity index (χ0) is 24.0. The molecule has 4 N–H and O–H groups in total. The predicted octanol–water partition coefficient (Wildman–Crippen LogP) is 4.90. The summed E-state index contributed by atoms with van der Waals surface area (Å²) in [6.45, 7) is 6.16. The molecule has 1 heterocycles. The highest BCUT2D eigenvalue weighted by Gasteiger charge is 2.12. The van der Waals surface area contributed by atoms with Crippen molar-refractivity contribution in [2.45, 2.75) is 33.6 Å². The molecular formula is C26H30N4O3. The summed E-state index contributed by atoms with van der Waals surface area (Å²) in [5.41, 5.74) is 10.1. The lowest BCUT2D eigenvalue weighted by atomic mass is 10.1. The minimum absolute atomic E-state index is 0.0992. The Morgan fingerprint density at radius 2 is 2.03 bits per heavy atom. The number of nitrogens with zero attached hydrogens (tertiary/aromatic N) is 2. The number of nitrogens with one attached hydrogen (secondary N) is 1. The highest BCUT2D eigenvalue weighted by atomic mass is 16.5. The van der Waals surface area contributed by atoms with E-state index in [1.807, 2.05) is 54.1 Å². The summed E-state index contributed by atoms with van der Waals surface area (Å²) in [5, 5.41) is 13.4. The van der Waals surface area contributed by atoms with Crippen LogP contribution in [0.3, 0.4) is 0 Å². The van der Waals surface area contributed by atoms with Crippen LogP contribution in [0.1, 0.15) is 44.1 Å². The molecule has 0 aliphatic heterocycles. The number of phenols is 1.